The Labute approximate surface area is 51.3 Å². The van der Waals surface area contributed by atoms with Gasteiger partial charge in [0.25, 0.3) is 5.12 Å². The lowest BCUT2D eigenvalue weighted by Crippen LogP contribution is -2.32. The first kappa shape index (κ1) is 6.35. The number of hydrogen-bond acceptors (Lipinski definition) is 3. The zero-order valence-electron chi connectivity index (χ0n) is 4.20. The molecule has 2 unspecified atom stereocenters. The third-order valence-corrected chi connectivity index (χ3v) is 2.25. The molecule has 1 radical (unpaired) electrons. The van der Waals surface area contributed by atoms with E-state index in [1.54, 1.807) is 0 Å². The van der Waals surface area contributed by atoms with Crippen LogP contribution in [0.4, 0.5) is 0 Å². The Kier molecular flexibility index (Phi) is 1.49. The molecule has 4 heteroatoms. The number of hydrogen-bond donors (Lipinski definition) is 2. The minimum atomic E-state index is -2.12. The van der Waals surface area contributed by atoms with E-state index in [-0.39, 0.29) is 0 Å². The van der Waals surface area contributed by atoms with E-state index in [0.717, 1.165) is 11.8 Å². The van der Waals surface area contributed by atoms with Crippen molar-refractivity contribution < 1.29 is 15.3 Å². The van der Waals surface area contributed by atoms with Crippen LogP contribution in [-0.2, 0) is 5.11 Å². The van der Waals surface area contributed by atoms with E-state index in [9.17, 15) is 5.11 Å². The molecule has 0 amide bonds. The van der Waals surface area contributed by atoms with Gasteiger partial charge in [-0.25, -0.2) is 0 Å². The summed E-state index contributed by atoms with van der Waals surface area (Å²) in [5.74, 6) is 0.557. The SMILES string of the molecule is [O]C1(O)SCCC1O. The van der Waals surface area contributed by atoms with Crippen LogP contribution in [0, 0.1) is 0 Å². The second-order valence-corrected chi connectivity index (χ2v) is 3.07. The number of thioether (sulfide) groups is 1. The van der Waals surface area contributed by atoms with Gasteiger partial charge >= 0.3 is 0 Å². The van der Waals surface area contributed by atoms with Crippen molar-refractivity contribution in [1.29, 1.82) is 0 Å². The molecule has 0 saturated carbocycles. The highest BCUT2D eigenvalue weighted by Crippen LogP contribution is 2.33. The average Bonchev–Trinajstić information content (AvgIpc) is 1.86. The smallest absolute Gasteiger partial charge is 0.273 e. The third kappa shape index (κ3) is 0.974. The monoisotopic (exact) mass is 135 g/mol. The summed E-state index contributed by atoms with van der Waals surface area (Å²) < 4.78 is 0. The highest BCUT2D eigenvalue weighted by Gasteiger charge is 2.40. The number of rotatable bonds is 0. The molecule has 1 fully saturated rings. The summed E-state index contributed by atoms with van der Waals surface area (Å²) in [6, 6.07) is 0. The van der Waals surface area contributed by atoms with Crippen molar-refractivity contribution in [2.75, 3.05) is 5.75 Å². The minimum Gasteiger partial charge on any atom is -0.386 e. The van der Waals surface area contributed by atoms with Crippen LogP contribution in [0.25, 0.3) is 0 Å². The predicted molar refractivity (Wildman–Crippen MR) is 28.7 cm³/mol. The Bertz CT molecular complexity index is 93.3. The summed E-state index contributed by atoms with van der Waals surface area (Å²) in [5, 5.41) is 25.7. The molecule has 1 saturated heterocycles. The van der Waals surface area contributed by atoms with E-state index in [4.69, 9.17) is 10.2 Å². The van der Waals surface area contributed by atoms with E-state index in [2.05, 4.69) is 0 Å². The molecular formula is C4H7O3S. The molecule has 1 heterocycles. The van der Waals surface area contributed by atoms with Crippen LogP contribution in [0.2, 0.25) is 0 Å². The Morgan fingerprint density at radius 2 is 2.38 bits per heavy atom. The summed E-state index contributed by atoms with van der Waals surface area (Å²) in [7, 11) is 0. The van der Waals surface area contributed by atoms with E-state index < -0.39 is 11.2 Å². The minimum absolute atomic E-state index is 0.407. The molecule has 8 heavy (non-hydrogen) atoms. The fourth-order valence-corrected chi connectivity index (χ4v) is 1.54. The molecule has 0 spiro atoms. The molecule has 1 aliphatic heterocycles. The van der Waals surface area contributed by atoms with Crippen molar-refractivity contribution in [2.24, 2.45) is 0 Å². The van der Waals surface area contributed by atoms with Crippen molar-refractivity contribution in [3.63, 3.8) is 0 Å². The van der Waals surface area contributed by atoms with Crippen molar-refractivity contribution in [3.8, 4) is 0 Å². The average molecular weight is 135 g/mol. The fourth-order valence-electron chi connectivity index (χ4n) is 0.595. The van der Waals surface area contributed by atoms with Gasteiger partial charge in [0, 0.05) is 5.75 Å². The molecule has 0 bridgehead atoms. The van der Waals surface area contributed by atoms with Crippen LogP contribution in [0.3, 0.4) is 0 Å². The standard InChI is InChI=1S/C4H7O3S/c5-3-1-2-8-4(3,6)7/h3,5-6H,1-2H2. The first-order chi connectivity index (χ1) is 3.63. The van der Waals surface area contributed by atoms with Crippen molar-refractivity contribution in [1.82, 2.24) is 0 Å². The molecule has 1 aliphatic rings. The lowest BCUT2D eigenvalue weighted by Gasteiger charge is -2.13. The van der Waals surface area contributed by atoms with E-state index in [1.807, 2.05) is 0 Å². The predicted octanol–water partition coefficient (Wildman–Crippen LogP) is -0.439. The highest BCUT2D eigenvalue weighted by atomic mass is 32.2. The summed E-state index contributed by atoms with van der Waals surface area (Å²) in [4.78, 5) is 0. The van der Waals surface area contributed by atoms with Crippen LogP contribution in [0.1, 0.15) is 6.42 Å². The summed E-state index contributed by atoms with van der Waals surface area (Å²) in [5.41, 5.74) is 0. The Balaban J connectivity index is 2.54. The van der Waals surface area contributed by atoms with Gasteiger partial charge in [-0.2, -0.15) is 5.11 Å². The highest BCUT2D eigenvalue weighted by molar-refractivity contribution is 8.00. The largest absolute Gasteiger partial charge is 0.386 e. The first-order valence-electron chi connectivity index (χ1n) is 2.38. The van der Waals surface area contributed by atoms with Crippen LogP contribution >= 0.6 is 11.8 Å². The molecule has 0 aliphatic carbocycles. The molecule has 47 valence electrons. The molecule has 0 aromatic rings. The van der Waals surface area contributed by atoms with Crippen LogP contribution in [0.15, 0.2) is 0 Å². The van der Waals surface area contributed by atoms with Gasteiger partial charge in [-0.3, -0.25) is 0 Å². The first-order valence-corrected chi connectivity index (χ1v) is 3.36. The summed E-state index contributed by atoms with van der Waals surface area (Å²) >= 11 is 0.858. The molecule has 1 rings (SSSR count). The molecule has 3 nitrogen and oxygen atoms in total. The lowest BCUT2D eigenvalue weighted by molar-refractivity contribution is -0.184. The third-order valence-electron chi connectivity index (χ3n) is 1.12. The molecule has 2 N–H and O–H groups in total. The molecule has 2 atom stereocenters. The number of aliphatic hydroxyl groups is 2. The van der Waals surface area contributed by atoms with Crippen molar-refractivity contribution >= 4 is 11.8 Å². The van der Waals surface area contributed by atoms with E-state index in [0.29, 0.717) is 12.2 Å². The van der Waals surface area contributed by atoms with Crippen molar-refractivity contribution in [3.05, 3.63) is 0 Å². The topological polar surface area (TPSA) is 60.4 Å². The fraction of sp³-hybridized carbons (Fsp3) is 1.00. The quantitative estimate of drug-likeness (QED) is 0.443. The Morgan fingerprint density at radius 3 is 2.50 bits per heavy atom. The summed E-state index contributed by atoms with van der Waals surface area (Å²) in [6.45, 7) is 0. The second kappa shape index (κ2) is 1.88. The van der Waals surface area contributed by atoms with Gasteiger partial charge in [-0.05, 0) is 6.42 Å². The van der Waals surface area contributed by atoms with Gasteiger partial charge in [0.2, 0.25) is 0 Å². The van der Waals surface area contributed by atoms with Gasteiger partial charge in [0.05, 0.1) is 0 Å². The van der Waals surface area contributed by atoms with Crippen molar-refractivity contribution in [2.45, 2.75) is 17.6 Å². The summed E-state index contributed by atoms with van der Waals surface area (Å²) in [6.07, 6.45) is -0.669. The molecular weight excluding hydrogens is 128 g/mol. The normalized spacial score (nSPS) is 35.6. The zero-order valence-corrected chi connectivity index (χ0v) is 5.02. The maximum absolute atomic E-state index is 10.5. The van der Waals surface area contributed by atoms with Crippen LogP contribution < -0.4 is 0 Å². The van der Waals surface area contributed by atoms with Gasteiger partial charge in [-0.15, -0.1) is 0 Å². The van der Waals surface area contributed by atoms with E-state index in [1.165, 1.54) is 0 Å². The Hall–Kier alpha value is 0.230. The lowest BCUT2D eigenvalue weighted by atomic mass is 10.3. The van der Waals surface area contributed by atoms with Gasteiger partial charge in [0.15, 0.2) is 0 Å². The Morgan fingerprint density at radius 1 is 1.75 bits per heavy atom. The number of aliphatic hydroxyl groups excluding tert-OH is 1. The van der Waals surface area contributed by atoms with Crippen LogP contribution in [-0.4, -0.2) is 27.2 Å². The maximum Gasteiger partial charge on any atom is 0.273 e. The molecule has 0 aromatic heterocycles. The van der Waals surface area contributed by atoms with Gasteiger partial charge < -0.3 is 10.2 Å². The second-order valence-electron chi connectivity index (χ2n) is 1.78. The molecule has 0 aromatic carbocycles. The maximum atomic E-state index is 10.5. The van der Waals surface area contributed by atoms with Gasteiger partial charge in [0.1, 0.15) is 6.10 Å². The van der Waals surface area contributed by atoms with Crippen LogP contribution in [0.5, 0.6) is 0 Å². The van der Waals surface area contributed by atoms with Gasteiger partial charge in [-0.1, -0.05) is 11.8 Å². The zero-order chi connectivity index (χ0) is 6.20. The van der Waals surface area contributed by atoms with E-state index >= 15 is 0 Å².